The highest BCUT2D eigenvalue weighted by Crippen LogP contribution is 2.41. The van der Waals surface area contributed by atoms with Crippen molar-refractivity contribution in [2.24, 2.45) is 0 Å². The minimum atomic E-state index is -2.07. The van der Waals surface area contributed by atoms with Crippen molar-refractivity contribution >= 4 is 11.9 Å². The molecule has 2 aliphatic rings. The normalized spacial score (nSPS) is 41.2. The number of carboxylic acids is 1. The van der Waals surface area contributed by atoms with E-state index >= 15 is 0 Å². The number of carbonyl (C=O) groups excluding carboxylic acids is 1. The lowest BCUT2D eigenvalue weighted by atomic mass is 9.92. The predicted molar refractivity (Wildman–Crippen MR) is 61.4 cm³/mol. The Labute approximate surface area is 114 Å². The Morgan fingerprint density at radius 2 is 2.10 bits per heavy atom. The standard InChI is InChI=1S/C11H17NO8/c1-4(14)12-7-5(15)2-11(10(17)18)19-8(6(16)3-13)9(7)20-11/h5-9,13,15-16H,2-3H2,1H3,(H,12,14)(H,17,18)/t5-,6?,7+,8+,9+,11?/m0/s1. The number of amides is 1. The van der Waals surface area contributed by atoms with Gasteiger partial charge in [0.25, 0.3) is 5.79 Å². The number of fused-ring (bicyclic) bond motifs is 2. The Balaban J connectivity index is 2.30. The fourth-order valence-electron chi connectivity index (χ4n) is 2.60. The van der Waals surface area contributed by atoms with E-state index in [1.165, 1.54) is 6.92 Å². The number of hydrogen-bond acceptors (Lipinski definition) is 7. The molecule has 0 aliphatic carbocycles. The Morgan fingerprint density at radius 1 is 1.45 bits per heavy atom. The second kappa shape index (κ2) is 5.26. The number of ether oxygens (including phenoxy) is 2. The second-order valence-corrected chi connectivity index (χ2v) is 4.97. The summed E-state index contributed by atoms with van der Waals surface area (Å²) in [5.74, 6) is -3.94. The number of aliphatic hydroxyl groups is 3. The molecule has 2 rings (SSSR count). The summed E-state index contributed by atoms with van der Waals surface area (Å²) in [4.78, 5) is 22.4. The first kappa shape index (κ1) is 15.1. The molecule has 0 radical (unpaired) electrons. The Morgan fingerprint density at radius 3 is 2.60 bits per heavy atom. The number of aliphatic hydroxyl groups excluding tert-OH is 3. The zero-order chi connectivity index (χ0) is 15.1. The first-order valence-corrected chi connectivity index (χ1v) is 6.14. The van der Waals surface area contributed by atoms with Crippen LogP contribution in [-0.4, -0.2) is 75.2 Å². The smallest absolute Gasteiger partial charge is 0.364 e. The molecule has 2 saturated heterocycles. The average Bonchev–Trinajstić information content (AvgIpc) is 2.70. The number of carboxylic acid groups (broad SMARTS) is 1. The van der Waals surface area contributed by atoms with Crippen LogP contribution in [0.4, 0.5) is 0 Å². The number of nitrogens with one attached hydrogen (secondary N) is 1. The van der Waals surface area contributed by atoms with E-state index in [0.717, 1.165) is 0 Å². The molecular weight excluding hydrogens is 274 g/mol. The maximum absolute atomic E-state index is 11.3. The summed E-state index contributed by atoms with van der Waals surface area (Å²) in [6, 6.07) is -0.923. The van der Waals surface area contributed by atoms with Gasteiger partial charge in [0.05, 0.1) is 18.8 Å². The Kier molecular flexibility index (Phi) is 3.98. The van der Waals surface area contributed by atoms with Gasteiger partial charge in [-0.2, -0.15) is 0 Å². The molecule has 2 bridgehead atoms. The maximum Gasteiger partial charge on any atom is 0.364 e. The Hall–Kier alpha value is -1.26. The largest absolute Gasteiger partial charge is 0.477 e. The zero-order valence-corrected chi connectivity index (χ0v) is 10.7. The lowest BCUT2D eigenvalue weighted by Gasteiger charge is -2.37. The molecule has 2 fully saturated rings. The van der Waals surface area contributed by atoms with Crippen molar-refractivity contribution in [2.75, 3.05) is 6.61 Å². The zero-order valence-electron chi connectivity index (χ0n) is 10.7. The van der Waals surface area contributed by atoms with Crippen LogP contribution in [0.25, 0.3) is 0 Å². The molecule has 2 aliphatic heterocycles. The lowest BCUT2D eigenvalue weighted by molar-refractivity contribution is -0.234. The molecule has 114 valence electrons. The van der Waals surface area contributed by atoms with Gasteiger partial charge in [0.1, 0.15) is 18.3 Å². The number of hydrogen-bond donors (Lipinski definition) is 5. The van der Waals surface area contributed by atoms with Gasteiger partial charge in [0.2, 0.25) is 5.91 Å². The van der Waals surface area contributed by atoms with E-state index < -0.39 is 61.1 Å². The quantitative estimate of drug-likeness (QED) is 0.373. The molecule has 6 atom stereocenters. The monoisotopic (exact) mass is 291 g/mol. The van der Waals surface area contributed by atoms with E-state index in [1.807, 2.05) is 0 Å². The summed E-state index contributed by atoms with van der Waals surface area (Å²) in [5.41, 5.74) is 0. The first-order valence-electron chi connectivity index (χ1n) is 6.14. The molecule has 9 nitrogen and oxygen atoms in total. The van der Waals surface area contributed by atoms with Gasteiger partial charge in [0.15, 0.2) is 0 Å². The number of rotatable bonds is 4. The van der Waals surface area contributed by atoms with Crippen LogP contribution in [0.1, 0.15) is 13.3 Å². The van der Waals surface area contributed by atoms with Gasteiger partial charge < -0.3 is 35.2 Å². The highest BCUT2D eigenvalue weighted by Gasteiger charge is 2.63. The first-order chi connectivity index (χ1) is 9.30. The van der Waals surface area contributed by atoms with Crippen LogP contribution in [-0.2, 0) is 19.1 Å². The van der Waals surface area contributed by atoms with Crippen LogP contribution in [0, 0.1) is 0 Å². The van der Waals surface area contributed by atoms with Crippen LogP contribution < -0.4 is 5.32 Å². The molecule has 0 aromatic rings. The van der Waals surface area contributed by atoms with Gasteiger partial charge in [-0.25, -0.2) is 4.79 Å². The fraction of sp³-hybridized carbons (Fsp3) is 0.818. The fourth-order valence-corrected chi connectivity index (χ4v) is 2.60. The molecule has 0 spiro atoms. The van der Waals surface area contributed by atoms with Gasteiger partial charge in [-0.15, -0.1) is 0 Å². The summed E-state index contributed by atoms with van der Waals surface area (Å²) in [6.45, 7) is 0.572. The van der Waals surface area contributed by atoms with Crippen molar-refractivity contribution in [3.63, 3.8) is 0 Å². The van der Waals surface area contributed by atoms with Crippen LogP contribution in [0.5, 0.6) is 0 Å². The molecule has 2 unspecified atom stereocenters. The topological polar surface area (TPSA) is 146 Å². The summed E-state index contributed by atoms with van der Waals surface area (Å²) in [5, 5.41) is 40.3. The molecule has 5 N–H and O–H groups in total. The van der Waals surface area contributed by atoms with Gasteiger partial charge in [0, 0.05) is 13.3 Å². The maximum atomic E-state index is 11.3. The van der Waals surface area contributed by atoms with Gasteiger partial charge in [-0.05, 0) is 0 Å². The van der Waals surface area contributed by atoms with E-state index in [1.54, 1.807) is 0 Å². The third kappa shape index (κ3) is 2.38. The van der Waals surface area contributed by atoms with Crippen molar-refractivity contribution in [1.29, 1.82) is 0 Å². The van der Waals surface area contributed by atoms with Gasteiger partial charge in [-0.3, -0.25) is 4.79 Å². The van der Waals surface area contributed by atoms with E-state index in [9.17, 15) is 24.9 Å². The van der Waals surface area contributed by atoms with Crippen molar-refractivity contribution in [3.8, 4) is 0 Å². The molecule has 2 heterocycles. The molecule has 1 amide bonds. The molecular formula is C11H17NO8. The van der Waals surface area contributed by atoms with Gasteiger partial charge in [-0.1, -0.05) is 0 Å². The van der Waals surface area contributed by atoms with Crippen LogP contribution in [0.2, 0.25) is 0 Å². The van der Waals surface area contributed by atoms with Crippen molar-refractivity contribution in [2.45, 2.75) is 49.6 Å². The predicted octanol–water partition coefficient (Wildman–Crippen LogP) is -2.83. The summed E-state index contributed by atoms with van der Waals surface area (Å²) in [6.07, 6.45) is -5.21. The molecule has 9 heteroatoms. The van der Waals surface area contributed by atoms with E-state index in [4.69, 9.17) is 14.6 Å². The summed E-state index contributed by atoms with van der Waals surface area (Å²) in [7, 11) is 0. The van der Waals surface area contributed by atoms with Crippen molar-refractivity contribution in [3.05, 3.63) is 0 Å². The third-order valence-electron chi connectivity index (χ3n) is 3.49. The van der Waals surface area contributed by atoms with E-state index in [0.29, 0.717) is 0 Å². The molecule has 0 aromatic heterocycles. The SMILES string of the molecule is CC(=O)N[C@H]1[C@H]2OC(C(=O)O)(C[C@@H]1O)O[C@@H]2C(O)CO. The number of carbonyl (C=O) groups is 2. The Bertz CT molecular complexity index is 415. The van der Waals surface area contributed by atoms with Gasteiger partial charge >= 0.3 is 5.97 Å². The lowest BCUT2D eigenvalue weighted by Crippen LogP contribution is -2.60. The van der Waals surface area contributed by atoms with Crippen LogP contribution in [0.3, 0.4) is 0 Å². The molecule has 0 saturated carbocycles. The van der Waals surface area contributed by atoms with E-state index in [2.05, 4.69) is 5.32 Å². The summed E-state index contributed by atoms with van der Waals surface area (Å²) >= 11 is 0. The van der Waals surface area contributed by atoms with Crippen molar-refractivity contribution in [1.82, 2.24) is 5.32 Å². The molecule has 0 aromatic carbocycles. The number of aliphatic carboxylic acids is 1. The highest BCUT2D eigenvalue weighted by atomic mass is 16.8. The molecule has 20 heavy (non-hydrogen) atoms. The minimum Gasteiger partial charge on any atom is -0.477 e. The van der Waals surface area contributed by atoms with Crippen LogP contribution in [0.15, 0.2) is 0 Å². The third-order valence-corrected chi connectivity index (χ3v) is 3.49. The minimum absolute atomic E-state index is 0.390. The van der Waals surface area contributed by atoms with Crippen LogP contribution >= 0.6 is 0 Å². The second-order valence-electron chi connectivity index (χ2n) is 4.97. The van der Waals surface area contributed by atoms with E-state index in [-0.39, 0.29) is 0 Å². The summed E-state index contributed by atoms with van der Waals surface area (Å²) < 4.78 is 10.5. The van der Waals surface area contributed by atoms with Crippen molar-refractivity contribution < 1.29 is 39.5 Å². The highest BCUT2D eigenvalue weighted by molar-refractivity contribution is 5.77. The average molecular weight is 291 g/mol.